The Morgan fingerprint density at radius 3 is 2.44 bits per heavy atom. The summed E-state index contributed by atoms with van der Waals surface area (Å²) < 4.78 is 0. The zero-order chi connectivity index (χ0) is 13.6. The molecule has 100 valence electrons. The molecule has 0 heterocycles. The number of hydrogen-bond acceptors (Lipinski definition) is 2. The molecule has 0 saturated carbocycles. The van der Waals surface area contributed by atoms with E-state index in [-0.39, 0.29) is 5.91 Å². The van der Waals surface area contributed by atoms with Crippen molar-refractivity contribution in [1.82, 2.24) is 5.32 Å². The van der Waals surface area contributed by atoms with E-state index in [0.717, 1.165) is 18.4 Å². The van der Waals surface area contributed by atoms with Gasteiger partial charge in [0.25, 0.3) is 5.91 Å². The lowest BCUT2D eigenvalue weighted by Crippen LogP contribution is -2.47. The van der Waals surface area contributed by atoms with Crippen molar-refractivity contribution >= 4 is 5.91 Å². The maximum absolute atomic E-state index is 11.8. The Balaban J connectivity index is 2.83. The predicted octanol–water partition coefficient (Wildman–Crippen LogP) is 2.20. The number of rotatable bonds is 6. The number of aryl methyl sites for hydroxylation is 1. The maximum Gasteiger partial charge on any atom is 0.252 e. The minimum atomic E-state index is -1.29. The fourth-order valence-electron chi connectivity index (χ4n) is 2.03. The summed E-state index contributed by atoms with van der Waals surface area (Å²) in [7, 11) is 1.56. The molecule has 3 heteroatoms. The van der Waals surface area contributed by atoms with Gasteiger partial charge in [-0.15, -0.1) is 0 Å². The highest BCUT2D eigenvalue weighted by molar-refractivity contribution is 5.84. The Kier molecular flexibility index (Phi) is 5.35. The Morgan fingerprint density at radius 2 is 1.94 bits per heavy atom. The van der Waals surface area contributed by atoms with Crippen LogP contribution in [0.2, 0.25) is 0 Å². The first-order chi connectivity index (χ1) is 8.51. The summed E-state index contributed by atoms with van der Waals surface area (Å²) in [6.45, 7) is 4.07. The van der Waals surface area contributed by atoms with E-state index in [0.29, 0.717) is 12.8 Å². The van der Waals surface area contributed by atoms with Crippen LogP contribution in [0.5, 0.6) is 0 Å². The van der Waals surface area contributed by atoms with Crippen LogP contribution in [0, 0.1) is 6.92 Å². The third kappa shape index (κ3) is 3.84. The molecule has 1 atom stereocenters. The van der Waals surface area contributed by atoms with Gasteiger partial charge < -0.3 is 10.4 Å². The average molecular weight is 249 g/mol. The lowest BCUT2D eigenvalue weighted by molar-refractivity contribution is -0.140. The SMILES string of the molecule is CCCCC(O)(Cc1ccc(C)cc1)C(=O)NC. The van der Waals surface area contributed by atoms with Gasteiger partial charge >= 0.3 is 0 Å². The fourth-order valence-corrected chi connectivity index (χ4v) is 2.03. The van der Waals surface area contributed by atoms with Gasteiger partial charge in [0.15, 0.2) is 0 Å². The molecule has 1 aromatic rings. The minimum Gasteiger partial charge on any atom is -0.380 e. The van der Waals surface area contributed by atoms with E-state index in [1.54, 1.807) is 7.05 Å². The van der Waals surface area contributed by atoms with Crippen molar-refractivity contribution in [2.75, 3.05) is 7.05 Å². The highest BCUT2D eigenvalue weighted by atomic mass is 16.3. The summed E-state index contributed by atoms with van der Waals surface area (Å²) in [6.07, 6.45) is 2.67. The van der Waals surface area contributed by atoms with Crippen LogP contribution < -0.4 is 5.32 Å². The number of carbonyl (C=O) groups is 1. The highest BCUT2D eigenvalue weighted by Crippen LogP contribution is 2.21. The second kappa shape index (κ2) is 6.55. The van der Waals surface area contributed by atoms with Gasteiger partial charge in [-0.25, -0.2) is 0 Å². The number of hydrogen-bond donors (Lipinski definition) is 2. The zero-order valence-corrected chi connectivity index (χ0v) is 11.5. The van der Waals surface area contributed by atoms with Crippen LogP contribution in [0.4, 0.5) is 0 Å². The first kappa shape index (κ1) is 14.7. The first-order valence-electron chi connectivity index (χ1n) is 6.52. The number of aliphatic hydroxyl groups is 1. The van der Waals surface area contributed by atoms with Crippen molar-refractivity contribution in [3.8, 4) is 0 Å². The number of benzene rings is 1. The van der Waals surface area contributed by atoms with Crippen LogP contribution >= 0.6 is 0 Å². The molecule has 0 aliphatic rings. The molecule has 1 unspecified atom stereocenters. The highest BCUT2D eigenvalue weighted by Gasteiger charge is 2.34. The van der Waals surface area contributed by atoms with Crippen molar-refractivity contribution < 1.29 is 9.90 Å². The smallest absolute Gasteiger partial charge is 0.252 e. The average Bonchev–Trinajstić information content (AvgIpc) is 2.38. The second-order valence-corrected chi connectivity index (χ2v) is 4.88. The molecule has 0 radical (unpaired) electrons. The van der Waals surface area contributed by atoms with E-state index < -0.39 is 5.60 Å². The van der Waals surface area contributed by atoms with E-state index in [9.17, 15) is 9.90 Å². The van der Waals surface area contributed by atoms with Gasteiger partial charge in [0.2, 0.25) is 0 Å². The zero-order valence-electron chi connectivity index (χ0n) is 11.5. The lowest BCUT2D eigenvalue weighted by atomic mass is 9.88. The van der Waals surface area contributed by atoms with Crippen molar-refractivity contribution in [2.45, 2.75) is 45.1 Å². The van der Waals surface area contributed by atoms with Crippen molar-refractivity contribution in [2.24, 2.45) is 0 Å². The maximum atomic E-state index is 11.8. The minimum absolute atomic E-state index is 0.295. The summed E-state index contributed by atoms with van der Waals surface area (Å²) in [5, 5.41) is 13.1. The van der Waals surface area contributed by atoms with Gasteiger partial charge in [0.1, 0.15) is 5.60 Å². The van der Waals surface area contributed by atoms with E-state index in [1.165, 1.54) is 5.56 Å². The molecule has 3 nitrogen and oxygen atoms in total. The van der Waals surface area contributed by atoms with Gasteiger partial charge in [-0.3, -0.25) is 4.79 Å². The molecule has 0 aromatic heterocycles. The first-order valence-corrected chi connectivity index (χ1v) is 6.52. The summed E-state index contributed by atoms with van der Waals surface area (Å²) >= 11 is 0. The number of likely N-dealkylation sites (N-methyl/N-ethyl adjacent to an activating group) is 1. The number of unbranched alkanes of at least 4 members (excludes halogenated alkanes) is 1. The van der Waals surface area contributed by atoms with Crippen LogP contribution in [-0.4, -0.2) is 23.7 Å². The molecule has 0 bridgehead atoms. The molecule has 1 rings (SSSR count). The number of amides is 1. The quantitative estimate of drug-likeness (QED) is 0.812. The van der Waals surface area contributed by atoms with Gasteiger partial charge in [0.05, 0.1) is 0 Å². The van der Waals surface area contributed by atoms with E-state index >= 15 is 0 Å². The third-order valence-electron chi connectivity index (χ3n) is 3.21. The monoisotopic (exact) mass is 249 g/mol. The lowest BCUT2D eigenvalue weighted by Gasteiger charge is -2.26. The molecule has 1 aromatic carbocycles. The molecule has 18 heavy (non-hydrogen) atoms. The number of nitrogens with one attached hydrogen (secondary N) is 1. The summed E-state index contributed by atoms with van der Waals surface area (Å²) in [6, 6.07) is 7.93. The summed E-state index contributed by atoms with van der Waals surface area (Å²) in [4.78, 5) is 11.8. The Hall–Kier alpha value is -1.35. The Morgan fingerprint density at radius 1 is 1.33 bits per heavy atom. The second-order valence-electron chi connectivity index (χ2n) is 4.88. The predicted molar refractivity (Wildman–Crippen MR) is 73.4 cm³/mol. The number of carbonyl (C=O) groups excluding carboxylic acids is 1. The van der Waals surface area contributed by atoms with Crippen LogP contribution in [0.1, 0.15) is 37.3 Å². The standard InChI is InChI=1S/C15H23NO2/c1-4-5-10-15(18,14(17)16-3)11-13-8-6-12(2)7-9-13/h6-9,18H,4-5,10-11H2,1-3H3,(H,16,17). The Labute approximate surface area is 109 Å². The van der Waals surface area contributed by atoms with Gasteiger partial charge in [-0.05, 0) is 18.9 Å². The Bertz CT molecular complexity index is 386. The molecule has 0 saturated heterocycles. The normalized spacial score (nSPS) is 14.0. The molecule has 0 aliphatic heterocycles. The van der Waals surface area contributed by atoms with E-state index in [1.807, 2.05) is 31.2 Å². The fraction of sp³-hybridized carbons (Fsp3) is 0.533. The summed E-state index contributed by atoms with van der Waals surface area (Å²) in [5.41, 5.74) is 0.874. The van der Waals surface area contributed by atoms with Gasteiger partial charge in [-0.1, -0.05) is 49.6 Å². The largest absolute Gasteiger partial charge is 0.380 e. The molecular formula is C15H23NO2. The van der Waals surface area contributed by atoms with Crippen LogP contribution in [-0.2, 0) is 11.2 Å². The molecule has 0 aliphatic carbocycles. The van der Waals surface area contributed by atoms with E-state index in [4.69, 9.17) is 0 Å². The summed E-state index contributed by atoms with van der Waals surface area (Å²) in [5.74, 6) is -0.295. The van der Waals surface area contributed by atoms with Crippen molar-refractivity contribution in [3.05, 3.63) is 35.4 Å². The molecule has 0 fully saturated rings. The van der Waals surface area contributed by atoms with Gasteiger partial charge in [-0.2, -0.15) is 0 Å². The molecular weight excluding hydrogens is 226 g/mol. The van der Waals surface area contributed by atoms with Crippen molar-refractivity contribution in [3.63, 3.8) is 0 Å². The van der Waals surface area contributed by atoms with Crippen LogP contribution in [0.15, 0.2) is 24.3 Å². The molecule has 1 amide bonds. The van der Waals surface area contributed by atoms with Crippen molar-refractivity contribution in [1.29, 1.82) is 0 Å². The van der Waals surface area contributed by atoms with Crippen LogP contribution in [0.25, 0.3) is 0 Å². The van der Waals surface area contributed by atoms with Crippen LogP contribution in [0.3, 0.4) is 0 Å². The molecule has 0 spiro atoms. The third-order valence-corrected chi connectivity index (χ3v) is 3.21. The van der Waals surface area contributed by atoms with Gasteiger partial charge in [0, 0.05) is 13.5 Å². The molecule has 2 N–H and O–H groups in total. The van der Waals surface area contributed by atoms with E-state index in [2.05, 4.69) is 12.2 Å². The topological polar surface area (TPSA) is 49.3 Å².